The first-order chi connectivity index (χ1) is 14.2. The van der Waals surface area contributed by atoms with Crippen molar-refractivity contribution >= 4 is 41.4 Å². The second-order valence-electron chi connectivity index (χ2n) is 7.58. The van der Waals surface area contributed by atoms with E-state index >= 15 is 0 Å². The molecule has 30 heavy (non-hydrogen) atoms. The number of nitrogens with one attached hydrogen (secondary N) is 1. The molecule has 1 aromatic heterocycles. The van der Waals surface area contributed by atoms with E-state index < -0.39 is 0 Å². The van der Waals surface area contributed by atoms with E-state index in [9.17, 15) is 5.11 Å². The van der Waals surface area contributed by atoms with Crippen LogP contribution in [0.15, 0.2) is 47.6 Å². The van der Waals surface area contributed by atoms with Crippen LogP contribution < -0.4 is 15.1 Å². The smallest absolute Gasteiger partial charge is 0.194 e. The molecule has 2 N–H and O–H groups in total. The van der Waals surface area contributed by atoms with E-state index in [1.807, 2.05) is 31.4 Å². The van der Waals surface area contributed by atoms with Crippen LogP contribution in [0.3, 0.4) is 0 Å². The van der Waals surface area contributed by atoms with Gasteiger partial charge in [-0.2, -0.15) is 0 Å². The fraction of sp³-hybridized carbons (Fsp3) is 0.455. The number of aromatic hydroxyl groups is 1. The van der Waals surface area contributed by atoms with E-state index in [4.69, 9.17) is 0 Å². The summed E-state index contributed by atoms with van der Waals surface area (Å²) in [5.74, 6) is 2.34. The van der Waals surface area contributed by atoms with Gasteiger partial charge in [-0.05, 0) is 42.7 Å². The summed E-state index contributed by atoms with van der Waals surface area (Å²) in [5, 5.41) is 13.6. The fourth-order valence-electron chi connectivity index (χ4n) is 4.09. The molecular formula is C22H31IN6O. The normalized spacial score (nSPS) is 17.1. The number of piperazine rings is 1. The first-order valence-corrected chi connectivity index (χ1v) is 10.4. The average molecular weight is 522 g/mol. The van der Waals surface area contributed by atoms with E-state index in [0.29, 0.717) is 5.75 Å². The summed E-state index contributed by atoms with van der Waals surface area (Å²) in [6.07, 6.45) is 4.41. The van der Waals surface area contributed by atoms with Crippen molar-refractivity contribution in [2.24, 2.45) is 4.99 Å². The van der Waals surface area contributed by atoms with Gasteiger partial charge >= 0.3 is 0 Å². The number of pyridine rings is 1. The molecule has 3 heterocycles. The van der Waals surface area contributed by atoms with Gasteiger partial charge in [0, 0.05) is 59.1 Å². The predicted molar refractivity (Wildman–Crippen MR) is 133 cm³/mol. The lowest BCUT2D eigenvalue weighted by molar-refractivity contribution is 0.369. The molecule has 0 radical (unpaired) electrons. The quantitative estimate of drug-likeness (QED) is 0.366. The third-order valence-corrected chi connectivity index (χ3v) is 5.70. The van der Waals surface area contributed by atoms with Crippen molar-refractivity contribution in [3.05, 3.63) is 48.2 Å². The lowest BCUT2D eigenvalue weighted by Crippen LogP contribution is -2.52. The Labute approximate surface area is 195 Å². The van der Waals surface area contributed by atoms with Crippen molar-refractivity contribution in [3.63, 3.8) is 0 Å². The highest BCUT2D eigenvalue weighted by Crippen LogP contribution is 2.27. The number of aromatic nitrogens is 1. The van der Waals surface area contributed by atoms with E-state index in [1.165, 1.54) is 18.4 Å². The molecule has 0 atom stereocenters. The van der Waals surface area contributed by atoms with Crippen molar-refractivity contribution < 1.29 is 5.11 Å². The SMILES string of the molecule is CN=C(NCc1ccnc(N2CCCC2)c1)N1CCN(c2ccccc2O)CC1.I. The van der Waals surface area contributed by atoms with Crippen LogP contribution in [0.5, 0.6) is 5.75 Å². The summed E-state index contributed by atoms with van der Waals surface area (Å²) < 4.78 is 0. The number of phenolic OH excluding ortho intramolecular Hbond substituents is 1. The maximum Gasteiger partial charge on any atom is 0.194 e. The summed E-state index contributed by atoms with van der Waals surface area (Å²) in [7, 11) is 1.83. The Morgan fingerprint density at radius 2 is 1.77 bits per heavy atom. The highest BCUT2D eigenvalue weighted by Gasteiger charge is 2.21. The highest BCUT2D eigenvalue weighted by molar-refractivity contribution is 14.0. The standard InChI is InChI=1S/C22H30N6O.HI/c1-23-22(25-17-18-8-9-24-21(16-18)27-10-4-5-11-27)28-14-12-26(13-15-28)19-6-2-3-7-20(19)29;/h2-3,6-9,16,29H,4-5,10-15,17H2,1H3,(H,23,25);1H. The van der Waals surface area contributed by atoms with E-state index in [0.717, 1.165) is 63.3 Å². The maximum atomic E-state index is 10.1. The van der Waals surface area contributed by atoms with Gasteiger partial charge in [0.2, 0.25) is 0 Å². The van der Waals surface area contributed by atoms with Crippen LogP contribution in [0, 0.1) is 0 Å². The first kappa shape index (κ1) is 22.5. The number of guanidine groups is 1. The van der Waals surface area contributed by atoms with Gasteiger partial charge in [-0.15, -0.1) is 24.0 Å². The number of rotatable bonds is 4. The zero-order valence-corrected chi connectivity index (χ0v) is 19.8. The fourth-order valence-corrected chi connectivity index (χ4v) is 4.09. The van der Waals surface area contributed by atoms with Gasteiger partial charge < -0.3 is 25.1 Å². The number of phenols is 1. The first-order valence-electron chi connectivity index (χ1n) is 10.4. The Morgan fingerprint density at radius 1 is 1.03 bits per heavy atom. The maximum absolute atomic E-state index is 10.1. The molecule has 162 valence electrons. The van der Waals surface area contributed by atoms with Crippen molar-refractivity contribution in [2.45, 2.75) is 19.4 Å². The number of nitrogens with zero attached hydrogens (tertiary/aromatic N) is 5. The Hall–Kier alpha value is -2.23. The topological polar surface area (TPSA) is 67.2 Å². The number of benzene rings is 1. The Morgan fingerprint density at radius 3 is 2.47 bits per heavy atom. The number of halogens is 1. The molecule has 4 rings (SSSR count). The summed E-state index contributed by atoms with van der Waals surface area (Å²) in [5.41, 5.74) is 2.12. The third-order valence-electron chi connectivity index (χ3n) is 5.70. The lowest BCUT2D eigenvalue weighted by Gasteiger charge is -2.37. The van der Waals surface area contributed by atoms with Crippen LogP contribution in [0.25, 0.3) is 0 Å². The van der Waals surface area contributed by atoms with Crippen LogP contribution in [0.4, 0.5) is 11.5 Å². The molecule has 0 amide bonds. The molecule has 0 bridgehead atoms. The molecule has 1 aromatic carbocycles. The molecule has 2 saturated heterocycles. The molecule has 2 aromatic rings. The van der Waals surface area contributed by atoms with Crippen LogP contribution >= 0.6 is 24.0 Å². The number of hydrogen-bond acceptors (Lipinski definition) is 5. The monoisotopic (exact) mass is 522 g/mol. The van der Waals surface area contributed by atoms with Gasteiger partial charge in [-0.1, -0.05) is 12.1 Å². The van der Waals surface area contributed by atoms with Crippen molar-refractivity contribution in [3.8, 4) is 5.75 Å². The molecular weight excluding hydrogens is 491 g/mol. The molecule has 0 saturated carbocycles. The van der Waals surface area contributed by atoms with Crippen molar-refractivity contribution in [1.82, 2.24) is 15.2 Å². The van der Waals surface area contributed by atoms with Gasteiger partial charge in [0.05, 0.1) is 5.69 Å². The minimum atomic E-state index is 0. The van der Waals surface area contributed by atoms with Gasteiger partial charge in [-0.25, -0.2) is 4.98 Å². The molecule has 2 aliphatic rings. The molecule has 8 heteroatoms. The van der Waals surface area contributed by atoms with Crippen LogP contribution in [-0.4, -0.2) is 67.3 Å². The van der Waals surface area contributed by atoms with E-state index in [2.05, 4.69) is 42.1 Å². The largest absolute Gasteiger partial charge is 0.506 e. The number of hydrogen-bond donors (Lipinski definition) is 2. The molecule has 2 aliphatic heterocycles. The third kappa shape index (κ3) is 5.27. The Kier molecular flexibility index (Phi) is 8.01. The molecule has 2 fully saturated rings. The minimum absolute atomic E-state index is 0. The molecule has 0 aliphatic carbocycles. The number of aliphatic imine (C=N–C) groups is 1. The minimum Gasteiger partial charge on any atom is -0.506 e. The highest BCUT2D eigenvalue weighted by atomic mass is 127. The van der Waals surface area contributed by atoms with Crippen LogP contribution in [-0.2, 0) is 6.54 Å². The average Bonchev–Trinajstić information content (AvgIpc) is 3.30. The number of para-hydroxylation sites is 2. The molecule has 0 spiro atoms. The van der Waals surface area contributed by atoms with E-state index in [1.54, 1.807) is 6.07 Å². The van der Waals surface area contributed by atoms with Gasteiger partial charge in [-0.3, -0.25) is 4.99 Å². The molecule has 0 unspecified atom stereocenters. The molecule has 7 nitrogen and oxygen atoms in total. The second-order valence-corrected chi connectivity index (χ2v) is 7.58. The Balaban J connectivity index is 0.00000256. The lowest BCUT2D eigenvalue weighted by atomic mass is 10.2. The number of anilines is 2. The van der Waals surface area contributed by atoms with Crippen LogP contribution in [0.2, 0.25) is 0 Å². The summed E-state index contributed by atoms with van der Waals surface area (Å²) >= 11 is 0. The predicted octanol–water partition coefficient (Wildman–Crippen LogP) is 2.90. The van der Waals surface area contributed by atoms with Crippen LogP contribution in [0.1, 0.15) is 18.4 Å². The van der Waals surface area contributed by atoms with Crippen molar-refractivity contribution in [2.75, 3.05) is 56.1 Å². The summed E-state index contributed by atoms with van der Waals surface area (Å²) in [6.45, 7) is 6.38. The van der Waals surface area contributed by atoms with Gasteiger partial charge in [0.15, 0.2) is 5.96 Å². The second kappa shape index (κ2) is 10.7. The zero-order valence-electron chi connectivity index (χ0n) is 17.5. The van der Waals surface area contributed by atoms with Crippen molar-refractivity contribution in [1.29, 1.82) is 0 Å². The Bertz CT molecular complexity index is 847. The summed E-state index contributed by atoms with van der Waals surface area (Å²) in [4.78, 5) is 15.9. The zero-order chi connectivity index (χ0) is 20.1. The van der Waals surface area contributed by atoms with E-state index in [-0.39, 0.29) is 24.0 Å². The van der Waals surface area contributed by atoms with Gasteiger partial charge in [0.25, 0.3) is 0 Å². The van der Waals surface area contributed by atoms with Gasteiger partial charge in [0.1, 0.15) is 11.6 Å². The summed E-state index contributed by atoms with van der Waals surface area (Å²) in [6, 6.07) is 11.8.